The summed E-state index contributed by atoms with van der Waals surface area (Å²) in [4.78, 5) is 4.41. The molecule has 1 aromatic rings. The van der Waals surface area contributed by atoms with Crippen LogP contribution in [0.25, 0.3) is 0 Å². The van der Waals surface area contributed by atoms with Crippen LogP contribution >= 0.6 is 0 Å². The van der Waals surface area contributed by atoms with Gasteiger partial charge in [-0.25, -0.2) is 4.98 Å². The SMILES string of the molecule is Cn1nc(C2CC2)nc1C(N)CCO. The van der Waals surface area contributed by atoms with Crippen LogP contribution in [-0.2, 0) is 7.05 Å². The van der Waals surface area contributed by atoms with E-state index in [-0.39, 0.29) is 12.6 Å². The maximum Gasteiger partial charge on any atom is 0.154 e. The Morgan fingerprint density at radius 3 is 2.93 bits per heavy atom. The third kappa shape index (κ3) is 1.78. The van der Waals surface area contributed by atoms with Crippen LogP contribution in [0.15, 0.2) is 0 Å². The van der Waals surface area contributed by atoms with E-state index in [1.165, 1.54) is 12.8 Å². The van der Waals surface area contributed by atoms with Crippen molar-refractivity contribution >= 4 is 0 Å². The lowest BCUT2D eigenvalue weighted by Crippen LogP contribution is -2.17. The zero-order valence-electron chi connectivity index (χ0n) is 8.35. The number of nitrogens with zero attached hydrogens (tertiary/aromatic N) is 3. The molecule has 3 N–H and O–H groups in total. The molecule has 78 valence electrons. The molecular formula is C9H16N4O. The molecule has 1 aromatic heterocycles. The number of hydrogen-bond acceptors (Lipinski definition) is 4. The topological polar surface area (TPSA) is 77.0 Å². The highest BCUT2D eigenvalue weighted by Crippen LogP contribution is 2.38. The summed E-state index contributed by atoms with van der Waals surface area (Å²) < 4.78 is 1.73. The summed E-state index contributed by atoms with van der Waals surface area (Å²) in [6.07, 6.45) is 2.92. The van der Waals surface area contributed by atoms with Gasteiger partial charge in [-0.1, -0.05) is 0 Å². The van der Waals surface area contributed by atoms with Gasteiger partial charge in [0.25, 0.3) is 0 Å². The molecule has 14 heavy (non-hydrogen) atoms. The highest BCUT2D eigenvalue weighted by atomic mass is 16.3. The fourth-order valence-corrected chi connectivity index (χ4v) is 1.52. The second-order valence-electron chi connectivity index (χ2n) is 3.84. The predicted molar refractivity (Wildman–Crippen MR) is 51.6 cm³/mol. The zero-order chi connectivity index (χ0) is 10.1. The Kier molecular flexibility index (Phi) is 2.52. The van der Waals surface area contributed by atoms with Gasteiger partial charge in [-0.05, 0) is 19.3 Å². The van der Waals surface area contributed by atoms with Gasteiger partial charge in [-0.15, -0.1) is 0 Å². The third-order valence-electron chi connectivity index (χ3n) is 2.53. The molecule has 5 nitrogen and oxygen atoms in total. The van der Waals surface area contributed by atoms with E-state index in [0.29, 0.717) is 12.3 Å². The lowest BCUT2D eigenvalue weighted by atomic mass is 10.2. The Hall–Kier alpha value is -0.940. The third-order valence-corrected chi connectivity index (χ3v) is 2.53. The van der Waals surface area contributed by atoms with E-state index in [1.54, 1.807) is 4.68 Å². The van der Waals surface area contributed by atoms with E-state index in [0.717, 1.165) is 11.6 Å². The van der Waals surface area contributed by atoms with Crippen molar-refractivity contribution in [3.63, 3.8) is 0 Å². The van der Waals surface area contributed by atoms with E-state index in [2.05, 4.69) is 10.1 Å². The maximum absolute atomic E-state index is 8.78. The summed E-state index contributed by atoms with van der Waals surface area (Å²) in [5.41, 5.74) is 5.86. The first-order chi connectivity index (χ1) is 6.72. The molecule has 2 rings (SSSR count). The van der Waals surface area contributed by atoms with Crippen LogP contribution in [0, 0.1) is 0 Å². The van der Waals surface area contributed by atoms with E-state index in [1.807, 2.05) is 7.05 Å². The molecule has 1 heterocycles. The molecule has 1 atom stereocenters. The molecule has 0 radical (unpaired) electrons. The second-order valence-corrected chi connectivity index (χ2v) is 3.84. The van der Waals surface area contributed by atoms with Crippen molar-refractivity contribution < 1.29 is 5.11 Å². The molecule has 0 aliphatic heterocycles. The Labute approximate surface area is 82.9 Å². The number of hydrogen-bond donors (Lipinski definition) is 2. The van der Waals surface area contributed by atoms with Gasteiger partial charge in [0, 0.05) is 19.6 Å². The van der Waals surface area contributed by atoms with Crippen molar-refractivity contribution in [1.29, 1.82) is 0 Å². The summed E-state index contributed by atoms with van der Waals surface area (Å²) in [5, 5.41) is 13.1. The summed E-state index contributed by atoms with van der Waals surface area (Å²) >= 11 is 0. The van der Waals surface area contributed by atoms with E-state index in [4.69, 9.17) is 10.8 Å². The van der Waals surface area contributed by atoms with Gasteiger partial charge >= 0.3 is 0 Å². The molecule has 5 heteroatoms. The van der Waals surface area contributed by atoms with Crippen molar-refractivity contribution in [2.24, 2.45) is 12.8 Å². The Morgan fingerprint density at radius 1 is 1.64 bits per heavy atom. The molecule has 1 fully saturated rings. The molecule has 1 unspecified atom stereocenters. The van der Waals surface area contributed by atoms with Crippen molar-refractivity contribution in [3.05, 3.63) is 11.6 Å². The summed E-state index contributed by atoms with van der Waals surface area (Å²) in [6, 6.07) is -0.204. The minimum absolute atomic E-state index is 0.0901. The number of aromatic nitrogens is 3. The van der Waals surface area contributed by atoms with E-state index < -0.39 is 0 Å². The van der Waals surface area contributed by atoms with Crippen LogP contribution in [0.5, 0.6) is 0 Å². The summed E-state index contributed by atoms with van der Waals surface area (Å²) in [5.74, 6) is 2.24. The van der Waals surface area contributed by atoms with Crippen LogP contribution in [0.1, 0.15) is 42.9 Å². The van der Waals surface area contributed by atoms with Crippen LogP contribution in [0.4, 0.5) is 0 Å². The van der Waals surface area contributed by atoms with Gasteiger partial charge in [-0.3, -0.25) is 4.68 Å². The van der Waals surface area contributed by atoms with Gasteiger partial charge < -0.3 is 10.8 Å². The average Bonchev–Trinajstić information content (AvgIpc) is 2.91. The molecule has 0 saturated heterocycles. The second kappa shape index (κ2) is 3.67. The standard InChI is InChI=1S/C9H16N4O/c1-13-9(7(10)4-5-14)11-8(12-13)6-2-3-6/h6-7,14H,2-5,10H2,1H3. The minimum Gasteiger partial charge on any atom is -0.396 e. The fourth-order valence-electron chi connectivity index (χ4n) is 1.52. The van der Waals surface area contributed by atoms with Crippen molar-refractivity contribution in [1.82, 2.24) is 14.8 Å². The average molecular weight is 196 g/mol. The predicted octanol–water partition coefficient (Wildman–Crippen LogP) is 0.0747. The van der Waals surface area contributed by atoms with Gasteiger partial charge in [0.15, 0.2) is 5.82 Å². The highest BCUT2D eigenvalue weighted by Gasteiger charge is 2.29. The van der Waals surface area contributed by atoms with Crippen LogP contribution < -0.4 is 5.73 Å². The van der Waals surface area contributed by atoms with Crippen molar-refractivity contribution in [3.8, 4) is 0 Å². The fraction of sp³-hybridized carbons (Fsp3) is 0.778. The number of rotatable bonds is 4. The normalized spacial score (nSPS) is 18.5. The molecular weight excluding hydrogens is 180 g/mol. The van der Waals surface area contributed by atoms with E-state index in [9.17, 15) is 0 Å². The van der Waals surface area contributed by atoms with Crippen LogP contribution in [-0.4, -0.2) is 26.5 Å². The summed E-state index contributed by atoms with van der Waals surface area (Å²) in [6.45, 7) is 0.0901. The van der Waals surface area contributed by atoms with Gasteiger partial charge in [0.2, 0.25) is 0 Å². The molecule has 0 spiro atoms. The largest absolute Gasteiger partial charge is 0.396 e. The number of aliphatic hydroxyl groups is 1. The molecule has 0 amide bonds. The Bertz CT molecular complexity index is 319. The lowest BCUT2D eigenvalue weighted by molar-refractivity contribution is 0.273. The molecule has 1 aliphatic rings. The Morgan fingerprint density at radius 2 is 2.36 bits per heavy atom. The minimum atomic E-state index is -0.204. The smallest absolute Gasteiger partial charge is 0.154 e. The van der Waals surface area contributed by atoms with E-state index >= 15 is 0 Å². The monoisotopic (exact) mass is 196 g/mol. The molecule has 1 aliphatic carbocycles. The first kappa shape index (κ1) is 9.61. The van der Waals surface area contributed by atoms with Crippen LogP contribution in [0.3, 0.4) is 0 Å². The molecule has 0 aromatic carbocycles. The molecule has 0 bridgehead atoms. The van der Waals surface area contributed by atoms with Crippen molar-refractivity contribution in [2.75, 3.05) is 6.61 Å². The van der Waals surface area contributed by atoms with Crippen molar-refractivity contribution in [2.45, 2.75) is 31.2 Å². The maximum atomic E-state index is 8.78. The van der Waals surface area contributed by atoms with Gasteiger partial charge in [0.05, 0.1) is 6.04 Å². The Balaban J connectivity index is 2.15. The first-order valence-electron chi connectivity index (χ1n) is 4.99. The molecule has 1 saturated carbocycles. The first-order valence-corrected chi connectivity index (χ1v) is 4.99. The number of nitrogens with two attached hydrogens (primary N) is 1. The summed E-state index contributed by atoms with van der Waals surface area (Å²) in [7, 11) is 1.85. The zero-order valence-corrected chi connectivity index (χ0v) is 8.35. The number of aryl methyl sites for hydroxylation is 1. The highest BCUT2D eigenvalue weighted by molar-refractivity contribution is 5.07. The lowest BCUT2D eigenvalue weighted by Gasteiger charge is -2.07. The van der Waals surface area contributed by atoms with Gasteiger partial charge in [-0.2, -0.15) is 5.10 Å². The number of aliphatic hydroxyl groups excluding tert-OH is 1. The quantitative estimate of drug-likeness (QED) is 0.714. The van der Waals surface area contributed by atoms with Crippen LogP contribution in [0.2, 0.25) is 0 Å². The van der Waals surface area contributed by atoms with Gasteiger partial charge in [0.1, 0.15) is 5.82 Å².